The van der Waals surface area contributed by atoms with Gasteiger partial charge in [0.05, 0.1) is 15.9 Å². The molecule has 2 atom stereocenters. The Hall–Kier alpha value is -0.350. The van der Waals surface area contributed by atoms with E-state index in [4.69, 9.17) is 5.73 Å². The van der Waals surface area contributed by atoms with Crippen LogP contribution in [-0.4, -0.2) is 15.3 Å². The highest BCUT2D eigenvalue weighted by atomic mass is 79.9. The van der Waals surface area contributed by atoms with E-state index in [0.29, 0.717) is 0 Å². The van der Waals surface area contributed by atoms with Crippen molar-refractivity contribution in [2.45, 2.75) is 57.4 Å². The quantitative estimate of drug-likeness (QED) is 0.926. The zero-order valence-electron chi connectivity index (χ0n) is 12.0. The lowest BCUT2D eigenvalue weighted by Crippen LogP contribution is -2.47. The number of rotatable bonds is 3. The molecule has 3 nitrogen and oxygen atoms in total. The van der Waals surface area contributed by atoms with Gasteiger partial charge < -0.3 is 5.73 Å². The highest BCUT2D eigenvalue weighted by Gasteiger charge is 2.40. The van der Waals surface area contributed by atoms with Crippen LogP contribution in [-0.2, 0) is 13.5 Å². The topological polar surface area (TPSA) is 43.8 Å². The molecule has 19 heavy (non-hydrogen) atoms. The molecule has 0 saturated heterocycles. The number of hydrogen-bond acceptors (Lipinski definition) is 2. The van der Waals surface area contributed by atoms with Crippen LogP contribution in [0.2, 0.25) is 0 Å². The molecule has 0 aromatic carbocycles. The van der Waals surface area contributed by atoms with Crippen LogP contribution in [0.15, 0.2) is 4.47 Å². The molecule has 2 unspecified atom stereocenters. The minimum absolute atomic E-state index is 0.0196. The summed E-state index contributed by atoms with van der Waals surface area (Å²) in [7, 11) is 2.03. The Morgan fingerprint density at radius 2 is 2.11 bits per heavy atom. The van der Waals surface area contributed by atoms with Gasteiger partial charge in [-0.3, -0.25) is 4.68 Å². The fraction of sp³-hybridized carbons (Fsp3) is 0.800. The van der Waals surface area contributed by atoms with Gasteiger partial charge in [0.25, 0.3) is 0 Å². The van der Waals surface area contributed by atoms with Gasteiger partial charge in [0.1, 0.15) is 0 Å². The number of nitrogens with two attached hydrogens (primary N) is 1. The second-order valence-electron chi connectivity index (χ2n) is 6.70. The first-order valence-corrected chi connectivity index (χ1v) is 8.25. The molecule has 1 aromatic heterocycles. The number of aryl methyl sites for hydroxylation is 2. The molecule has 2 N–H and O–H groups in total. The zero-order chi connectivity index (χ0) is 13.6. The lowest BCUT2D eigenvalue weighted by atomic mass is 9.72. The molecule has 0 aliphatic heterocycles. The van der Waals surface area contributed by atoms with Gasteiger partial charge in [-0.25, -0.2) is 0 Å². The molecule has 0 radical (unpaired) electrons. The molecule has 0 bridgehead atoms. The highest BCUT2D eigenvalue weighted by Crippen LogP contribution is 2.46. The summed E-state index contributed by atoms with van der Waals surface area (Å²) in [6.45, 7) is 2.05. The molecule has 2 saturated carbocycles. The maximum absolute atomic E-state index is 6.73. The van der Waals surface area contributed by atoms with E-state index in [1.807, 2.05) is 18.7 Å². The van der Waals surface area contributed by atoms with E-state index in [9.17, 15) is 0 Å². The van der Waals surface area contributed by atoms with Gasteiger partial charge in [0, 0.05) is 19.0 Å². The molecule has 1 heterocycles. The van der Waals surface area contributed by atoms with Crippen molar-refractivity contribution in [2.75, 3.05) is 0 Å². The first kappa shape index (κ1) is 13.6. The third-order valence-electron chi connectivity index (χ3n) is 4.99. The van der Waals surface area contributed by atoms with Crippen LogP contribution < -0.4 is 5.73 Å². The molecule has 106 valence electrons. The normalized spacial score (nSPS) is 31.7. The Kier molecular flexibility index (Phi) is 3.50. The minimum atomic E-state index is -0.0196. The third kappa shape index (κ3) is 2.75. The lowest BCUT2D eigenvalue weighted by Gasteiger charge is -2.38. The van der Waals surface area contributed by atoms with Crippen LogP contribution in [0.1, 0.15) is 49.9 Å². The summed E-state index contributed by atoms with van der Waals surface area (Å²) >= 11 is 3.67. The second kappa shape index (κ2) is 4.88. The molecule has 2 aliphatic carbocycles. The minimum Gasteiger partial charge on any atom is -0.325 e. The van der Waals surface area contributed by atoms with Crippen LogP contribution in [0.3, 0.4) is 0 Å². The molecule has 1 aromatic rings. The molecule has 0 spiro atoms. The second-order valence-corrected chi connectivity index (χ2v) is 7.50. The third-order valence-corrected chi connectivity index (χ3v) is 6.02. The van der Waals surface area contributed by atoms with E-state index >= 15 is 0 Å². The first-order chi connectivity index (χ1) is 8.98. The summed E-state index contributed by atoms with van der Waals surface area (Å²) in [6.07, 6.45) is 8.89. The van der Waals surface area contributed by atoms with Gasteiger partial charge in [0.15, 0.2) is 0 Å². The average molecular weight is 326 g/mol. The summed E-state index contributed by atoms with van der Waals surface area (Å²) < 4.78 is 3.14. The highest BCUT2D eigenvalue weighted by molar-refractivity contribution is 9.10. The Morgan fingerprint density at radius 1 is 1.37 bits per heavy atom. The van der Waals surface area contributed by atoms with Gasteiger partial charge in [-0.1, -0.05) is 12.8 Å². The van der Waals surface area contributed by atoms with E-state index in [1.54, 1.807) is 0 Å². The average Bonchev–Trinajstić information content (AvgIpc) is 3.16. The van der Waals surface area contributed by atoms with Crippen molar-refractivity contribution < 1.29 is 0 Å². The van der Waals surface area contributed by atoms with Crippen molar-refractivity contribution in [1.29, 1.82) is 0 Å². The summed E-state index contributed by atoms with van der Waals surface area (Å²) in [5.41, 5.74) is 9.04. The number of halogens is 1. The Bertz CT molecular complexity index is 478. The standard InChI is InChI=1S/C15H24BrN3/c1-10-14(16)13(19(2)18-10)9-15(17)7-3-4-12(8-15)11-5-6-11/h11-12H,3-9,17H2,1-2H3. The van der Waals surface area contributed by atoms with Crippen molar-refractivity contribution in [3.63, 3.8) is 0 Å². The van der Waals surface area contributed by atoms with E-state index in [1.165, 1.54) is 37.8 Å². The van der Waals surface area contributed by atoms with Crippen LogP contribution in [0, 0.1) is 18.8 Å². The molecule has 4 heteroatoms. The monoisotopic (exact) mass is 325 g/mol. The fourth-order valence-corrected chi connectivity index (χ4v) is 4.25. The van der Waals surface area contributed by atoms with Gasteiger partial charge in [0.2, 0.25) is 0 Å². The SMILES string of the molecule is Cc1nn(C)c(CC2(N)CCCC(C3CC3)C2)c1Br. The van der Waals surface area contributed by atoms with Crippen molar-refractivity contribution in [1.82, 2.24) is 9.78 Å². The van der Waals surface area contributed by atoms with Gasteiger partial charge in [-0.05, 0) is 60.4 Å². The van der Waals surface area contributed by atoms with E-state index in [2.05, 4.69) is 21.0 Å². The summed E-state index contributed by atoms with van der Waals surface area (Å²) in [6, 6.07) is 0. The summed E-state index contributed by atoms with van der Waals surface area (Å²) in [5.74, 6) is 1.87. The van der Waals surface area contributed by atoms with E-state index in [0.717, 1.165) is 34.8 Å². The van der Waals surface area contributed by atoms with E-state index in [-0.39, 0.29) is 5.54 Å². The number of aromatic nitrogens is 2. The smallest absolute Gasteiger partial charge is 0.0738 e. The van der Waals surface area contributed by atoms with Gasteiger partial charge >= 0.3 is 0 Å². The fourth-order valence-electron chi connectivity index (χ4n) is 3.78. The molecule has 2 fully saturated rings. The first-order valence-electron chi connectivity index (χ1n) is 7.45. The van der Waals surface area contributed by atoms with Crippen molar-refractivity contribution in [3.05, 3.63) is 15.9 Å². The molecule has 0 amide bonds. The predicted octanol–water partition coefficient (Wildman–Crippen LogP) is 3.33. The van der Waals surface area contributed by atoms with Gasteiger partial charge in [-0.2, -0.15) is 5.10 Å². The van der Waals surface area contributed by atoms with Gasteiger partial charge in [-0.15, -0.1) is 0 Å². The predicted molar refractivity (Wildman–Crippen MR) is 80.9 cm³/mol. The van der Waals surface area contributed by atoms with Crippen LogP contribution in [0.4, 0.5) is 0 Å². The Morgan fingerprint density at radius 3 is 2.68 bits per heavy atom. The van der Waals surface area contributed by atoms with Crippen LogP contribution in [0.5, 0.6) is 0 Å². The van der Waals surface area contributed by atoms with E-state index < -0.39 is 0 Å². The Balaban J connectivity index is 1.76. The Labute approximate surface area is 124 Å². The molecular weight excluding hydrogens is 302 g/mol. The maximum Gasteiger partial charge on any atom is 0.0738 e. The van der Waals surface area contributed by atoms with Crippen molar-refractivity contribution in [2.24, 2.45) is 24.6 Å². The van der Waals surface area contributed by atoms with Crippen LogP contribution >= 0.6 is 15.9 Å². The molecule has 3 rings (SSSR count). The molecule has 2 aliphatic rings. The number of nitrogens with zero attached hydrogens (tertiary/aromatic N) is 2. The lowest BCUT2D eigenvalue weighted by molar-refractivity contribution is 0.202. The van der Waals surface area contributed by atoms with Crippen LogP contribution in [0.25, 0.3) is 0 Å². The summed E-state index contributed by atoms with van der Waals surface area (Å²) in [4.78, 5) is 0. The zero-order valence-corrected chi connectivity index (χ0v) is 13.5. The molecular formula is C15H24BrN3. The summed E-state index contributed by atoms with van der Waals surface area (Å²) in [5, 5.41) is 4.49. The largest absolute Gasteiger partial charge is 0.325 e. The van der Waals surface area contributed by atoms with Crippen molar-refractivity contribution in [3.8, 4) is 0 Å². The van der Waals surface area contributed by atoms with Crippen molar-refractivity contribution >= 4 is 15.9 Å². The number of hydrogen-bond donors (Lipinski definition) is 1. The maximum atomic E-state index is 6.73.